The highest BCUT2D eigenvalue weighted by molar-refractivity contribution is 5.09. The van der Waals surface area contributed by atoms with Crippen LogP contribution in [0.5, 0.6) is 0 Å². The van der Waals surface area contributed by atoms with E-state index in [1.165, 1.54) is 0 Å². The third-order valence-corrected chi connectivity index (χ3v) is 3.20. The molecule has 2 N–H and O–H groups in total. The molecule has 0 saturated carbocycles. The van der Waals surface area contributed by atoms with Crippen LogP contribution in [0.2, 0.25) is 0 Å². The average Bonchev–Trinajstić information content (AvgIpc) is 2.55. The fourth-order valence-electron chi connectivity index (χ4n) is 2.29. The van der Waals surface area contributed by atoms with Gasteiger partial charge in [0.2, 0.25) is 0 Å². The Morgan fingerprint density at radius 1 is 1.17 bits per heavy atom. The first-order valence-electron chi connectivity index (χ1n) is 4.83. The van der Waals surface area contributed by atoms with Crippen molar-refractivity contribution < 1.29 is 4.74 Å². The van der Waals surface area contributed by atoms with Crippen molar-refractivity contribution in [3.63, 3.8) is 0 Å². The Morgan fingerprint density at radius 2 is 1.75 bits per heavy atom. The Balaban J connectivity index is 1.97. The van der Waals surface area contributed by atoms with Crippen LogP contribution in [-0.2, 0) is 4.74 Å². The van der Waals surface area contributed by atoms with Crippen molar-refractivity contribution in [1.29, 1.82) is 0 Å². The van der Waals surface area contributed by atoms with Gasteiger partial charge in [0.15, 0.2) is 0 Å². The quantitative estimate of drug-likeness (QED) is 0.600. The molecule has 0 amide bonds. The summed E-state index contributed by atoms with van der Waals surface area (Å²) in [6.07, 6.45) is 8.87. The minimum atomic E-state index is 0.0732. The molecule has 2 nitrogen and oxygen atoms in total. The second kappa shape index (κ2) is 3.19. The highest BCUT2D eigenvalue weighted by atomic mass is 16.5. The van der Waals surface area contributed by atoms with Gasteiger partial charge in [0.05, 0.1) is 0 Å². The molecule has 0 aromatic carbocycles. The summed E-state index contributed by atoms with van der Waals surface area (Å²) in [6.45, 7) is 1.81. The lowest BCUT2D eigenvalue weighted by molar-refractivity contribution is 0.0406. The predicted molar refractivity (Wildman–Crippen MR) is 48.8 cm³/mol. The molecule has 2 rings (SSSR count). The van der Waals surface area contributed by atoms with Crippen LogP contribution in [0, 0.1) is 5.92 Å². The molecule has 2 aliphatic rings. The van der Waals surface area contributed by atoms with E-state index >= 15 is 0 Å². The van der Waals surface area contributed by atoms with E-state index in [4.69, 9.17) is 10.5 Å². The molecule has 0 aromatic rings. The second-order valence-corrected chi connectivity index (χ2v) is 4.00. The molecule has 0 atom stereocenters. The number of rotatable bonds is 1. The summed E-state index contributed by atoms with van der Waals surface area (Å²) in [5.74, 6) is 0.682. The van der Waals surface area contributed by atoms with E-state index in [2.05, 4.69) is 12.2 Å². The van der Waals surface area contributed by atoms with Crippen LogP contribution in [0.4, 0.5) is 0 Å². The van der Waals surface area contributed by atoms with Crippen molar-refractivity contribution in [2.45, 2.75) is 31.2 Å². The van der Waals surface area contributed by atoms with Gasteiger partial charge in [0.1, 0.15) is 0 Å². The van der Waals surface area contributed by atoms with Crippen molar-refractivity contribution in [2.24, 2.45) is 11.7 Å². The summed E-state index contributed by atoms with van der Waals surface area (Å²) in [6, 6.07) is 0. The van der Waals surface area contributed by atoms with Gasteiger partial charge in [-0.1, -0.05) is 12.2 Å². The fourth-order valence-corrected chi connectivity index (χ4v) is 2.29. The lowest BCUT2D eigenvalue weighted by Crippen LogP contribution is -2.46. The molecule has 1 fully saturated rings. The van der Waals surface area contributed by atoms with Crippen molar-refractivity contribution in [3.05, 3.63) is 12.2 Å². The Bertz CT molecular complexity index is 174. The van der Waals surface area contributed by atoms with Gasteiger partial charge < -0.3 is 10.5 Å². The van der Waals surface area contributed by atoms with Crippen LogP contribution in [0.25, 0.3) is 0 Å². The summed E-state index contributed by atoms with van der Waals surface area (Å²) >= 11 is 0. The highest BCUT2D eigenvalue weighted by Crippen LogP contribution is 2.34. The van der Waals surface area contributed by atoms with E-state index in [1.54, 1.807) is 0 Å². The monoisotopic (exact) mass is 167 g/mol. The van der Waals surface area contributed by atoms with E-state index in [1.807, 2.05) is 0 Å². The van der Waals surface area contributed by atoms with Crippen LogP contribution in [0.3, 0.4) is 0 Å². The van der Waals surface area contributed by atoms with Crippen LogP contribution in [0.15, 0.2) is 12.2 Å². The first-order valence-corrected chi connectivity index (χ1v) is 4.83. The summed E-state index contributed by atoms with van der Waals surface area (Å²) in [4.78, 5) is 0. The minimum absolute atomic E-state index is 0.0732. The molecular formula is C10H17NO. The zero-order valence-corrected chi connectivity index (χ0v) is 7.46. The second-order valence-electron chi connectivity index (χ2n) is 4.00. The molecule has 1 heterocycles. The van der Waals surface area contributed by atoms with Crippen LogP contribution < -0.4 is 5.73 Å². The molecular weight excluding hydrogens is 150 g/mol. The van der Waals surface area contributed by atoms with E-state index in [0.29, 0.717) is 5.92 Å². The summed E-state index contributed by atoms with van der Waals surface area (Å²) in [5, 5.41) is 0. The van der Waals surface area contributed by atoms with Gasteiger partial charge in [-0.25, -0.2) is 0 Å². The van der Waals surface area contributed by atoms with Gasteiger partial charge in [-0.2, -0.15) is 0 Å². The Labute approximate surface area is 73.8 Å². The summed E-state index contributed by atoms with van der Waals surface area (Å²) in [5.41, 5.74) is 6.39. The maximum absolute atomic E-state index is 6.32. The molecule has 2 heteroatoms. The smallest absolute Gasteiger partial charge is 0.0469 e. The molecule has 0 unspecified atom stereocenters. The predicted octanol–water partition coefficient (Wildman–Crippen LogP) is 1.46. The molecule has 12 heavy (non-hydrogen) atoms. The lowest BCUT2D eigenvalue weighted by Gasteiger charge is -2.36. The zero-order valence-electron chi connectivity index (χ0n) is 7.46. The Hall–Kier alpha value is -0.340. The third-order valence-electron chi connectivity index (χ3n) is 3.20. The average molecular weight is 167 g/mol. The number of hydrogen-bond donors (Lipinski definition) is 1. The summed E-state index contributed by atoms with van der Waals surface area (Å²) in [7, 11) is 0. The first kappa shape index (κ1) is 8.27. The lowest BCUT2D eigenvalue weighted by atomic mass is 9.78. The zero-order chi connectivity index (χ0) is 8.44. The molecule has 0 bridgehead atoms. The van der Waals surface area contributed by atoms with E-state index in [9.17, 15) is 0 Å². The molecule has 1 aliphatic carbocycles. The van der Waals surface area contributed by atoms with Crippen molar-refractivity contribution >= 4 is 0 Å². The van der Waals surface area contributed by atoms with E-state index in [-0.39, 0.29) is 5.54 Å². The number of ether oxygens (including phenoxy) is 1. The normalized spacial score (nSPS) is 29.4. The highest BCUT2D eigenvalue weighted by Gasteiger charge is 2.35. The molecule has 0 aromatic heterocycles. The third kappa shape index (κ3) is 1.41. The fraction of sp³-hybridized carbons (Fsp3) is 0.800. The van der Waals surface area contributed by atoms with Crippen LogP contribution in [-0.4, -0.2) is 18.8 Å². The number of hydrogen-bond acceptors (Lipinski definition) is 2. The van der Waals surface area contributed by atoms with E-state index < -0.39 is 0 Å². The molecule has 1 saturated heterocycles. The van der Waals surface area contributed by atoms with Gasteiger partial charge in [-0.15, -0.1) is 0 Å². The topological polar surface area (TPSA) is 35.2 Å². The molecule has 1 aliphatic heterocycles. The largest absolute Gasteiger partial charge is 0.381 e. The maximum Gasteiger partial charge on any atom is 0.0469 e. The molecule has 68 valence electrons. The van der Waals surface area contributed by atoms with Crippen molar-refractivity contribution in [1.82, 2.24) is 0 Å². The van der Waals surface area contributed by atoms with Crippen molar-refractivity contribution in [3.8, 4) is 0 Å². The van der Waals surface area contributed by atoms with Gasteiger partial charge in [0.25, 0.3) is 0 Å². The van der Waals surface area contributed by atoms with Gasteiger partial charge in [-0.3, -0.25) is 0 Å². The number of nitrogens with two attached hydrogens (primary N) is 1. The van der Waals surface area contributed by atoms with Gasteiger partial charge in [-0.05, 0) is 31.6 Å². The summed E-state index contributed by atoms with van der Waals surface area (Å²) < 4.78 is 5.33. The van der Waals surface area contributed by atoms with E-state index in [0.717, 1.165) is 38.9 Å². The molecule has 0 spiro atoms. The Morgan fingerprint density at radius 3 is 2.33 bits per heavy atom. The minimum Gasteiger partial charge on any atom is -0.381 e. The maximum atomic E-state index is 6.32. The van der Waals surface area contributed by atoms with Crippen molar-refractivity contribution in [2.75, 3.05) is 13.2 Å². The SMILES string of the molecule is NC1(C2CCOCC2)CC=CC1. The first-order chi connectivity index (χ1) is 5.81. The molecule has 0 radical (unpaired) electrons. The standard InChI is InChI=1S/C10H17NO/c11-10(5-1-2-6-10)9-3-7-12-8-4-9/h1-2,9H,3-8,11H2. The van der Waals surface area contributed by atoms with Crippen LogP contribution >= 0.6 is 0 Å². The Kier molecular flexibility index (Phi) is 2.20. The van der Waals surface area contributed by atoms with Gasteiger partial charge in [0, 0.05) is 18.8 Å². The van der Waals surface area contributed by atoms with Gasteiger partial charge >= 0.3 is 0 Å². The van der Waals surface area contributed by atoms with Crippen LogP contribution in [0.1, 0.15) is 25.7 Å².